The zero-order valence-corrected chi connectivity index (χ0v) is 8.79. The Labute approximate surface area is 84.3 Å². The molecule has 0 saturated carbocycles. The van der Waals surface area contributed by atoms with Gasteiger partial charge in [-0.15, -0.1) is 0 Å². The summed E-state index contributed by atoms with van der Waals surface area (Å²) in [5, 5.41) is 2.84. The van der Waals surface area contributed by atoms with Gasteiger partial charge in [-0.3, -0.25) is 0 Å². The molecule has 1 aromatic rings. The molecule has 0 atom stereocenters. The van der Waals surface area contributed by atoms with Crippen LogP contribution in [0.2, 0.25) is 0 Å². The molecule has 13 heavy (non-hydrogen) atoms. The number of benzene rings is 1. The van der Waals surface area contributed by atoms with Crippen LogP contribution in [0.5, 0.6) is 0 Å². The Morgan fingerprint density at radius 1 is 1.31 bits per heavy atom. The van der Waals surface area contributed by atoms with Gasteiger partial charge in [-0.2, -0.15) is 0 Å². The van der Waals surface area contributed by atoms with Crippen LogP contribution in [-0.4, -0.2) is 13.6 Å². The normalized spacial score (nSPS) is 10.5. The number of likely N-dealkylation sites (N-methyl/N-ethyl adjacent to an activating group) is 1. The van der Waals surface area contributed by atoms with Crippen molar-refractivity contribution in [1.29, 1.82) is 0 Å². The Morgan fingerprint density at radius 3 is 2.31 bits per heavy atom. The first-order valence-electron chi connectivity index (χ1n) is 3.93. The van der Waals surface area contributed by atoms with E-state index in [4.69, 9.17) is 0 Å². The van der Waals surface area contributed by atoms with Crippen molar-refractivity contribution in [2.45, 2.75) is 6.42 Å². The summed E-state index contributed by atoms with van der Waals surface area (Å²) in [7, 11) is 1.74. The minimum atomic E-state index is -0.498. The van der Waals surface area contributed by atoms with E-state index in [0.29, 0.717) is 17.4 Å². The maximum atomic E-state index is 13.1. The van der Waals surface area contributed by atoms with E-state index < -0.39 is 11.6 Å². The number of hydrogen-bond acceptors (Lipinski definition) is 1. The summed E-state index contributed by atoms with van der Waals surface area (Å²) in [6, 6.07) is 2.54. The Kier molecular flexibility index (Phi) is 3.81. The van der Waals surface area contributed by atoms with Crippen LogP contribution < -0.4 is 5.32 Å². The molecule has 1 rings (SSSR count). The van der Waals surface area contributed by atoms with Gasteiger partial charge < -0.3 is 5.32 Å². The lowest BCUT2D eigenvalue weighted by atomic mass is 10.1. The summed E-state index contributed by atoms with van der Waals surface area (Å²) in [6.45, 7) is 0.565. The van der Waals surface area contributed by atoms with E-state index in [-0.39, 0.29) is 5.56 Å². The lowest BCUT2D eigenvalue weighted by Gasteiger charge is -2.04. The molecule has 0 aliphatic rings. The van der Waals surface area contributed by atoms with Gasteiger partial charge in [0.15, 0.2) is 0 Å². The predicted octanol–water partition coefficient (Wildman–Crippen LogP) is 2.49. The third-order valence-electron chi connectivity index (χ3n) is 1.73. The summed E-state index contributed by atoms with van der Waals surface area (Å²) < 4.78 is 26.7. The van der Waals surface area contributed by atoms with Gasteiger partial charge in [0.25, 0.3) is 0 Å². The van der Waals surface area contributed by atoms with E-state index >= 15 is 0 Å². The zero-order chi connectivity index (χ0) is 9.84. The number of halogens is 3. The summed E-state index contributed by atoms with van der Waals surface area (Å²) in [4.78, 5) is 0. The monoisotopic (exact) mass is 249 g/mol. The maximum Gasteiger partial charge on any atom is 0.130 e. The molecule has 0 unspecified atom stereocenters. The molecule has 0 aromatic heterocycles. The zero-order valence-electron chi connectivity index (χ0n) is 7.20. The lowest BCUT2D eigenvalue weighted by molar-refractivity contribution is 0.550. The Morgan fingerprint density at radius 2 is 1.85 bits per heavy atom. The molecule has 4 heteroatoms. The smallest absolute Gasteiger partial charge is 0.130 e. The molecule has 0 spiro atoms. The first kappa shape index (κ1) is 10.6. The summed E-state index contributed by atoms with van der Waals surface area (Å²) in [5.41, 5.74) is 0.137. The van der Waals surface area contributed by atoms with E-state index in [9.17, 15) is 8.78 Å². The van der Waals surface area contributed by atoms with Crippen LogP contribution in [0.1, 0.15) is 5.56 Å². The van der Waals surface area contributed by atoms with Crippen molar-refractivity contribution in [3.05, 3.63) is 33.8 Å². The first-order chi connectivity index (χ1) is 6.15. The third kappa shape index (κ3) is 2.74. The average Bonchev–Trinajstić information content (AvgIpc) is 2.02. The van der Waals surface area contributed by atoms with E-state index in [2.05, 4.69) is 21.2 Å². The summed E-state index contributed by atoms with van der Waals surface area (Å²) >= 11 is 3.02. The van der Waals surface area contributed by atoms with Gasteiger partial charge in [0.05, 0.1) is 0 Å². The molecule has 0 amide bonds. The Hall–Kier alpha value is -0.480. The molecule has 0 bridgehead atoms. The van der Waals surface area contributed by atoms with E-state index in [1.54, 1.807) is 7.05 Å². The molecule has 0 saturated heterocycles. The fraction of sp³-hybridized carbons (Fsp3) is 0.333. The SMILES string of the molecule is CNCCc1c(F)cc(Br)cc1F. The Balaban J connectivity index is 2.92. The average molecular weight is 250 g/mol. The van der Waals surface area contributed by atoms with Crippen LogP contribution in [0.15, 0.2) is 16.6 Å². The molecule has 1 N–H and O–H groups in total. The quantitative estimate of drug-likeness (QED) is 0.869. The van der Waals surface area contributed by atoms with Crippen LogP contribution in [-0.2, 0) is 6.42 Å². The van der Waals surface area contributed by atoms with Gasteiger partial charge in [-0.1, -0.05) is 15.9 Å². The highest BCUT2D eigenvalue weighted by Gasteiger charge is 2.09. The standard InChI is InChI=1S/C9H10BrF2N/c1-13-3-2-7-8(11)4-6(10)5-9(7)12/h4-5,13H,2-3H2,1H3. The minimum absolute atomic E-state index is 0.137. The number of nitrogens with one attached hydrogen (secondary N) is 1. The predicted molar refractivity (Wildman–Crippen MR) is 51.7 cm³/mol. The summed E-state index contributed by atoms with van der Waals surface area (Å²) in [5.74, 6) is -0.996. The highest BCUT2D eigenvalue weighted by atomic mass is 79.9. The molecule has 72 valence electrons. The molecule has 1 nitrogen and oxygen atoms in total. The van der Waals surface area contributed by atoms with E-state index in [1.165, 1.54) is 12.1 Å². The van der Waals surface area contributed by atoms with Crippen molar-refractivity contribution < 1.29 is 8.78 Å². The van der Waals surface area contributed by atoms with Crippen LogP contribution in [0.4, 0.5) is 8.78 Å². The highest BCUT2D eigenvalue weighted by molar-refractivity contribution is 9.10. The van der Waals surface area contributed by atoms with Crippen LogP contribution in [0.25, 0.3) is 0 Å². The molecule has 0 aliphatic carbocycles. The van der Waals surface area contributed by atoms with Crippen LogP contribution in [0.3, 0.4) is 0 Å². The van der Waals surface area contributed by atoms with Gasteiger partial charge in [-0.05, 0) is 32.1 Å². The second-order valence-corrected chi connectivity index (χ2v) is 3.62. The summed E-state index contributed by atoms with van der Waals surface area (Å²) in [6.07, 6.45) is 0.363. The first-order valence-corrected chi connectivity index (χ1v) is 4.72. The molecular weight excluding hydrogens is 240 g/mol. The molecular formula is C9H10BrF2N. The lowest BCUT2D eigenvalue weighted by Crippen LogP contribution is -2.12. The van der Waals surface area contributed by atoms with Crippen molar-refractivity contribution in [3.8, 4) is 0 Å². The van der Waals surface area contributed by atoms with Crippen molar-refractivity contribution in [2.75, 3.05) is 13.6 Å². The van der Waals surface area contributed by atoms with Gasteiger partial charge in [-0.25, -0.2) is 8.78 Å². The fourth-order valence-electron chi connectivity index (χ4n) is 1.06. The molecule has 1 aromatic carbocycles. The second-order valence-electron chi connectivity index (χ2n) is 2.70. The van der Waals surface area contributed by atoms with E-state index in [0.717, 1.165) is 0 Å². The van der Waals surface area contributed by atoms with Gasteiger partial charge in [0.1, 0.15) is 11.6 Å². The van der Waals surface area contributed by atoms with Gasteiger partial charge >= 0.3 is 0 Å². The van der Waals surface area contributed by atoms with Gasteiger partial charge in [0.2, 0.25) is 0 Å². The maximum absolute atomic E-state index is 13.1. The van der Waals surface area contributed by atoms with Crippen molar-refractivity contribution in [1.82, 2.24) is 5.32 Å². The largest absolute Gasteiger partial charge is 0.319 e. The van der Waals surface area contributed by atoms with Crippen molar-refractivity contribution in [3.63, 3.8) is 0 Å². The molecule has 0 fully saturated rings. The highest BCUT2D eigenvalue weighted by Crippen LogP contribution is 2.19. The molecule has 0 aliphatic heterocycles. The molecule has 0 heterocycles. The van der Waals surface area contributed by atoms with Crippen LogP contribution in [0, 0.1) is 11.6 Å². The third-order valence-corrected chi connectivity index (χ3v) is 2.19. The van der Waals surface area contributed by atoms with Crippen LogP contribution >= 0.6 is 15.9 Å². The van der Waals surface area contributed by atoms with Gasteiger partial charge in [0, 0.05) is 10.0 Å². The number of rotatable bonds is 3. The van der Waals surface area contributed by atoms with Crippen molar-refractivity contribution >= 4 is 15.9 Å². The van der Waals surface area contributed by atoms with E-state index in [1.807, 2.05) is 0 Å². The van der Waals surface area contributed by atoms with Crippen molar-refractivity contribution in [2.24, 2.45) is 0 Å². The fourth-order valence-corrected chi connectivity index (χ4v) is 1.46. The second kappa shape index (κ2) is 4.67. The minimum Gasteiger partial charge on any atom is -0.319 e. The Bertz CT molecular complexity index is 279. The topological polar surface area (TPSA) is 12.0 Å². The molecule has 0 radical (unpaired) electrons. The number of hydrogen-bond donors (Lipinski definition) is 1.